The van der Waals surface area contributed by atoms with Crippen LogP contribution in [0.3, 0.4) is 0 Å². The van der Waals surface area contributed by atoms with Crippen LogP contribution in [0.5, 0.6) is 5.75 Å². The normalized spacial score (nSPS) is 15.1. The maximum atomic E-state index is 14.4. The molecule has 3 aromatic carbocycles. The van der Waals surface area contributed by atoms with Crippen molar-refractivity contribution in [2.45, 2.75) is 23.8 Å². The first-order valence-corrected chi connectivity index (χ1v) is 13.1. The summed E-state index contributed by atoms with van der Waals surface area (Å²) in [5, 5.41) is 4.88. The highest BCUT2D eigenvalue weighted by atomic mass is 32.2. The second kappa shape index (κ2) is 11.2. The van der Waals surface area contributed by atoms with Gasteiger partial charge in [-0.1, -0.05) is 30.3 Å². The van der Waals surface area contributed by atoms with E-state index in [4.69, 9.17) is 9.47 Å². The molecule has 1 heterocycles. The molecular formula is C26H24F3N3O6S. The van der Waals surface area contributed by atoms with Crippen LogP contribution < -0.4 is 19.7 Å². The SMILES string of the molecule is CC(=O)NC[C@H]1CN(S(=O)(=O)c2ccc(F)cc2)c2cc(NC(=O)OCC(F)(F)c3ccccc3)ccc2O1. The molecule has 1 aliphatic rings. The molecule has 2 N–H and O–H groups in total. The molecule has 0 radical (unpaired) electrons. The third-order valence-electron chi connectivity index (χ3n) is 5.70. The van der Waals surface area contributed by atoms with E-state index in [0.29, 0.717) is 0 Å². The molecule has 0 aromatic heterocycles. The number of hydrogen-bond acceptors (Lipinski definition) is 6. The molecule has 0 bridgehead atoms. The Morgan fingerprint density at radius 2 is 1.77 bits per heavy atom. The molecule has 13 heteroatoms. The molecule has 0 fully saturated rings. The average molecular weight is 564 g/mol. The van der Waals surface area contributed by atoms with Crippen molar-refractivity contribution in [2.24, 2.45) is 0 Å². The Kier molecular flexibility index (Phi) is 8.00. The van der Waals surface area contributed by atoms with Crippen LogP contribution in [0.25, 0.3) is 0 Å². The summed E-state index contributed by atoms with van der Waals surface area (Å²) in [4.78, 5) is 23.5. The molecule has 9 nitrogen and oxygen atoms in total. The Bertz CT molecular complexity index is 1450. The summed E-state index contributed by atoms with van der Waals surface area (Å²) >= 11 is 0. The fourth-order valence-corrected chi connectivity index (χ4v) is 5.29. The minimum absolute atomic E-state index is 0.00612. The maximum Gasteiger partial charge on any atom is 0.411 e. The molecule has 4 rings (SSSR count). The molecule has 2 amide bonds. The van der Waals surface area contributed by atoms with E-state index >= 15 is 0 Å². The largest absolute Gasteiger partial charge is 0.484 e. The van der Waals surface area contributed by atoms with E-state index in [1.165, 1.54) is 49.4 Å². The van der Waals surface area contributed by atoms with Gasteiger partial charge in [-0.25, -0.2) is 17.6 Å². The van der Waals surface area contributed by atoms with Crippen molar-refractivity contribution >= 4 is 33.4 Å². The van der Waals surface area contributed by atoms with Crippen molar-refractivity contribution < 1.29 is 40.7 Å². The number of amides is 2. The van der Waals surface area contributed by atoms with Gasteiger partial charge in [-0.2, -0.15) is 8.78 Å². The lowest BCUT2D eigenvalue weighted by atomic mass is 10.1. The monoisotopic (exact) mass is 563 g/mol. The van der Waals surface area contributed by atoms with Gasteiger partial charge in [0, 0.05) is 18.2 Å². The molecule has 39 heavy (non-hydrogen) atoms. The number of rotatable bonds is 8. The Morgan fingerprint density at radius 1 is 1.08 bits per heavy atom. The smallest absolute Gasteiger partial charge is 0.411 e. The zero-order valence-electron chi connectivity index (χ0n) is 20.6. The number of sulfonamides is 1. The van der Waals surface area contributed by atoms with Gasteiger partial charge in [0.2, 0.25) is 5.91 Å². The number of fused-ring (bicyclic) bond motifs is 1. The fraction of sp³-hybridized carbons (Fsp3) is 0.231. The molecule has 1 atom stereocenters. The van der Waals surface area contributed by atoms with Gasteiger partial charge in [-0.05, 0) is 42.5 Å². The van der Waals surface area contributed by atoms with E-state index in [0.717, 1.165) is 28.6 Å². The van der Waals surface area contributed by atoms with Gasteiger partial charge in [0.15, 0.2) is 6.61 Å². The van der Waals surface area contributed by atoms with Crippen LogP contribution in [-0.4, -0.2) is 46.2 Å². The first-order valence-electron chi connectivity index (χ1n) is 11.7. The van der Waals surface area contributed by atoms with E-state index < -0.39 is 40.6 Å². The van der Waals surface area contributed by atoms with Crippen molar-refractivity contribution in [3.05, 3.63) is 84.2 Å². The number of ether oxygens (including phenoxy) is 2. The summed E-state index contributed by atoms with van der Waals surface area (Å²) in [5.41, 5.74) is -0.241. The first-order chi connectivity index (χ1) is 18.5. The summed E-state index contributed by atoms with van der Waals surface area (Å²) in [6, 6.07) is 15.1. The van der Waals surface area contributed by atoms with Gasteiger partial charge in [0.25, 0.3) is 10.0 Å². The summed E-state index contributed by atoms with van der Waals surface area (Å²) in [6.45, 7) is -0.125. The molecular weight excluding hydrogens is 539 g/mol. The van der Waals surface area contributed by atoms with Crippen molar-refractivity contribution in [3.63, 3.8) is 0 Å². The van der Waals surface area contributed by atoms with Crippen LogP contribution >= 0.6 is 0 Å². The van der Waals surface area contributed by atoms with Crippen LogP contribution in [0.2, 0.25) is 0 Å². The standard InChI is InChI=1S/C26H24F3N3O6S/c1-17(33)30-14-21-15-32(39(35,36)22-10-7-19(27)8-11-22)23-13-20(9-12-24(23)38-21)31-25(34)37-16-26(28,29)18-5-3-2-4-6-18/h2-13,21H,14-16H2,1H3,(H,30,33)(H,31,34)/t21-/m0/s1. The van der Waals surface area contributed by atoms with Crippen molar-refractivity contribution in [2.75, 3.05) is 29.3 Å². The van der Waals surface area contributed by atoms with E-state index in [2.05, 4.69) is 10.6 Å². The molecule has 0 aliphatic carbocycles. The van der Waals surface area contributed by atoms with Crippen molar-refractivity contribution in [1.82, 2.24) is 5.32 Å². The highest BCUT2D eigenvalue weighted by molar-refractivity contribution is 7.92. The van der Waals surface area contributed by atoms with Crippen LogP contribution in [0, 0.1) is 5.82 Å². The van der Waals surface area contributed by atoms with Gasteiger partial charge >= 0.3 is 12.0 Å². The number of nitrogens with zero attached hydrogens (tertiary/aromatic N) is 1. The summed E-state index contributed by atoms with van der Waals surface area (Å²) in [5.74, 6) is -4.27. The Hall–Kier alpha value is -4.26. The average Bonchev–Trinajstić information content (AvgIpc) is 2.91. The van der Waals surface area contributed by atoms with E-state index in [1.807, 2.05) is 0 Å². The van der Waals surface area contributed by atoms with E-state index in [9.17, 15) is 31.2 Å². The minimum Gasteiger partial charge on any atom is -0.484 e. The minimum atomic E-state index is -4.24. The molecule has 1 aliphatic heterocycles. The zero-order valence-corrected chi connectivity index (χ0v) is 21.4. The van der Waals surface area contributed by atoms with E-state index in [-0.39, 0.29) is 46.6 Å². The highest BCUT2D eigenvalue weighted by Gasteiger charge is 2.36. The number of anilines is 2. The van der Waals surface area contributed by atoms with Crippen molar-refractivity contribution in [1.29, 1.82) is 0 Å². The second-order valence-corrected chi connectivity index (χ2v) is 10.5. The molecule has 3 aromatic rings. The Labute approximate surface area is 222 Å². The number of carbonyl (C=O) groups is 2. The number of halogens is 3. The number of hydrogen-bond donors (Lipinski definition) is 2. The maximum absolute atomic E-state index is 14.4. The zero-order chi connectivity index (χ0) is 28.2. The van der Waals surface area contributed by atoms with Gasteiger partial charge in [-0.3, -0.25) is 14.4 Å². The first kappa shape index (κ1) is 27.8. The summed E-state index contributed by atoms with van der Waals surface area (Å²) < 4.78 is 80.7. The molecule has 0 spiro atoms. The number of carbonyl (C=O) groups excluding carboxylic acids is 2. The number of alkyl halides is 2. The van der Waals surface area contributed by atoms with Crippen LogP contribution in [0.1, 0.15) is 12.5 Å². The lowest BCUT2D eigenvalue weighted by molar-refractivity contribution is -0.119. The number of benzene rings is 3. The van der Waals surface area contributed by atoms with Crippen LogP contribution in [0.4, 0.5) is 29.3 Å². The predicted molar refractivity (Wildman–Crippen MR) is 136 cm³/mol. The van der Waals surface area contributed by atoms with Crippen molar-refractivity contribution in [3.8, 4) is 5.75 Å². The lowest BCUT2D eigenvalue weighted by Gasteiger charge is -2.35. The van der Waals surface area contributed by atoms with Gasteiger partial charge < -0.3 is 14.8 Å². The Balaban J connectivity index is 1.56. The highest BCUT2D eigenvalue weighted by Crippen LogP contribution is 2.39. The second-order valence-electron chi connectivity index (χ2n) is 8.62. The predicted octanol–water partition coefficient (Wildman–Crippen LogP) is 4.26. The van der Waals surface area contributed by atoms with Crippen LogP contribution in [-0.2, 0) is 25.5 Å². The fourth-order valence-electron chi connectivity index (χ4n) is 3.79. The molecule has 0 saturated carbocycles. The van der Waals surface area contributed by atoms with Crippen LogP contribution in [0.15, 0.2) is 77.7 Å². The summed E-state index contributed by atoms with van der Waals surface area (Å²) in [6.07, 6.45) is -1.95. The molecule has 0 unspecified atom stereocenters. The lowest BCUT2D eigenvalue weighted by Crippen LogP contribution is -2.48. The van der Waals surface area contributed by atoms with Gasteiger partial charge in [-0.15, -0.1) is 0 Å². The van der Waals surface area contributed by atoms with Gasteiger partial charge in [0.05, 0.1) is 23.7 Å². The topological polar surface area (TPSA) is 114 Å². The van der Waals surface area contributed by atoms with Gasteiger partial charge in [0.1, 0.15) is 17.7 Å². The third kappa shape index (κ3) is 6.60. The van der Waals surface area contributed by atoms with E-state index in [1.54, 1.807) is 6.07 Å². The molecule has 0 saturated heterocycles. The summed E-state index contributed by atoms with van der Waals surface area (Å²) in [7, 11) is -4.24. The number of nitrogens with one attached hydrogen (secondary N) is 2. The molecule has 206 valence electrons. The Morgan fingerprint density at radius 3 is 2.44 bits per heavy atom. The quantitative estimate of drug-likeness (QED) is 0.424. The third-order valence-corrected chi connectivity index (χ3v) is 7.49.